The third kappa shape index (κ3) is 7.37. The van der Waals surface area contributed by atoms with Crippen LogP contribution in [0.3, 0.4) is 0 Å². The van der Waals surface area contributed by atoms with Crippen molar-refractivity contribution >= 4 is 33.9 Å². The Morgan fingerprint density at radius 2 is 1.57 bits per heavy atom. The quantitative estimate of drug-likeness (QED) is 0.305. The predicted octanol–water partition coefficient (Wildman–Crippen LogP) is 1.75. The number of amides is 1. The molecule has 0 saturated carbocycles. The Kier molecular flexibility index (Phi) is 8.96. The Bertz CT molecular complexity index is 1420. The number of hydrogen-bond acceptors (Lipinski definition) is 6. The van der Waals surface area contributed by atoms with Crippen molar-refractivity contribution in [3.05, 3.63) is 100.0 Å². The predicted molar refractivity (Wildman–Crippen MR) is 138 cm³/mol. The van der Waals surface area contributed by atoms with Gasteiger partial charge in [0.25, 0.3) is 5.56 Å². The number of hydrogen-bond donors (Lipinski definition) is 3. The zero-order valence-corrected chi connectivity index (χ0v) is 20.9. The van der Waals surface area contributed by atoms with E-state index in [1.54, 1.807) is 54.6 Å². The number of aryl methyl sites for hydroxylation is 1. The zero-order valence-electron chi connectivity index (χ0n) is 20.0. The standard InChI is InChI=1S/C26H27N3O7S/c1-18(31)27-24(26(33)34)23(17-30)29-21(16-20-10-6-3-7-11-20)12-13-22(25(29)32)28-37(35,36)15-14-19-8-4-2-5-9-19/h2-13,17,23-24,28H,14-16H2,1H3,(H,27,31)(H,33,34)/t23?,24-/m0/s1. The van der Waals surface area contributed by atoms with Crippen LogP contribution in [0.15, 0.2) is 77.6 Å². The van der Waals surface area contributed by atoms with E-state index in [4.69, 9.17) is 0 Å². The van der Waals surface area contributed by atoms with Gasteiger partial charge in [-0.05, 0) is 29.7 Å². The van der Waals surface area contributed by atoms with Gasteiger partial charge in [0.05, 0.1) is 5.75 Å². The Hall–Kier alpha value is -4.25. The maximum absolute atomic E-state index is 13.5. The molecule has 37 heavy (non-hydrogen) atoms. The van der Waals surface area contributed by atoms with Crippen molar-refractivity contribution in [3.8, 4) is 0 Å². The van der Waals surface area contributed by atoms with E-state index in [1.807, 2.05) is 6.07 Å². The number of benzene rings is 2. The van der Waals surface area contributed by atoms with Gasteiger partial charge in [-0.25, -0.2) is 13.2 Å². The van der Waals surface area contributed by atoms with E-state index in [0.717, 1.165) is 22.6 Å². The lowest BCUT2D eigenvalue weighted by atomic mass is 10.0. The normalized spacial score (nSPS) is 12.8. The summed E-state index contributed by atoms with van der Waals surface area (Å²) in [4.78, 5) is 49.2. The molecule has 3 rings (SSSR count). The number of sulfonamides is 1. The van der Waals surface area contributed by atoms with E-state index in [9.17, 15) is 32.7 Å². The first kappa shape index (κ1) is 27.3. The third-order valence-electron chi connectivity index (χ3n) is 5.60. The number of nitrogens with zero attached hydrogens (tertiary/aromatic N) is 1. The second-order valence-corrected chi connectivity index (χ2v) is 10.2. The maximum Gasteiger partial charge on any atom is 0.328 e. The molecule has 2 aromatic carbocycles. The molecule has 3 aromatic rings. The minimum Gasteiger partial charge on any atom is -0.480 e. The minimum absolute atomic E-state index is 0.147. The van der Waals surface area contributed by atoms with Gasteiger partial charge in [-0.15, -0.1) is 0 Å². The van der Waals surface area contributed by atoms with Gasteiger partial charge in [0.15, 0.2) is 6.04 Å². The topological polar surface area (TPSA) is 152 Å². The summed E-state index contributed by atoms with van der Waals surface area (Å²) in [7, 11) is -3.97. The van der Waals surface area contributed by atoms with Crippen LogP contribution in [0.25, 0.3) is 0 Å². The van der Waals surface area contributed by atoms with Crippen molar-refractivity contribution in [2.75, 3.05) is 10.5 Å². The van der Waals surface area contributed by atoms with E-state index >= 15 is 0 Å². The highest BCUT2D eigenvalue weighted by atomic mass is 32.2. The molecule has 0 saturated heterocycles. The summed E-state index contributed by atoms with van der Waals surface area (Å²) < 4.78 is 28.7. The first-order valence-electron chi connectivity index (χ1n) is 11.4. The second-order valence-electron chi connectivity index (χ2n) is 8.38. The summed E-state index contributed by atoms with van der Waals surface area (Å²) in [6, 6.07) is 17.2. The average Bonchev–Trinajstić information content (AvgIpc) is 2.86. The fourth-order valence-electron chi connectivity index (χ4n) is 3.86. The summed E-state index contributed by atoms with van der Waals surface area (Å²) in [5.41, 5.74) is 0.568. The molecule has 1 amide bonds. The molecule has 1 unspecified atom stereocenters. The maximum atomic E-state index is 13.5. The van der Waals surface area contributed by atoms with Crippen molar-refractivity contribution in [3.63, 3.8) is 0 Å². The van der Waals surface area contributed by atoms with Crippen molar-refractivity contribution in [1.29, 1.82) is 0 Å². The first-order chi connectivity index (χ1) is 17.6. The monoisotopic (exact) mass is 525 g/mol. The number of nitrogens with one attached hydrogen (secondary N) is 2. The molecule has 3 N–H and O–H groups in total. The molecule has 1 aromatic heterocycles. The first-order valence-corrected chi connectivity index (χ1v) is 13.0. The summed E-state index contributed by atoms with van der Waals surface area (Å²) in [5.74, 6) is -2.54. The van der Waals surface area contributed by atoms with E-state index in [2.05, 4.69) is 10.0 Å². The van der Waals surface area contributed by atoms with Crippen LogP contribution in [-0.4, -0.2) is 48.0 Å². The van der Waals surface area contributed by atoms with Crippen LogP contribution < -0.4 is 15.6 Å². The average molecular weight is 526 g/mol. The van der Waals surface area contributed by atoms with E-state index < -0.39 is 39.5 Å². The Balaban J connectivity index is 2.03. The molecular weight excluding hydrogens is 498 g/mol. The number of aliphatic carboxylic acids is 1. The van der Waals surface area contributed by atoms with Crippen LogP contribution in [0, 0.1) is 0 Å². The van der Waals surface area contributed by atoms with E-state index in [-0.39, 0.29) is 36.3 Å². The van der Waals surface area contributed by atoms with Crippen molar-refractivity contribution in [2.24, 2.45) is 0 Å². The summed E-state index contributed by atoms with van der Waals surface area (Å²) in [6.45, 7) is 1.09. The largest absolute Gasteiger partial charge is 0.480 e. The number of carbonyl (C=O) groups is 3. The molecule has 0 aliphatic rings. The number of rotatable bonds is 12. The van der Waals surface area contributed by atoms with Gasteiger partial charge >= 0.3 is 5.97 Å². The molecule has 0 radical (unpaired) electrons. The number of aldehydes is 1. The fourth-order valence-corrected chi connectivity index (χ4v) is 4.96. The molecule has 0 bridgehead atoms. The number of anilines is 1. The number of carboxylic acids is 1. The second kappa shape index (κ2) is 12.1. The molecule has 10 nitrogen and oxygen atoms in total. The van der Waals surface area contributed by atoms with Gasteiger partial charge in [-0.3, -0.25) is 18.9 Å². The van der Waals surface area contributed by atoms with Gasteiger partial charge in [-0.1, -0.05) is 60.7 Å². The third-order valence-corrected chi connectivity index (χ3v) is 6.87. The van der Waals surface area contributed by atoms with Gasteiger partial charge in [0.1, 0.15) is 18.0 Å². The van der Waals surface area contributed by atoms with Gasteiger partial charge in [0.2, 0.25) is 15.9 Å². The lowest BCUT2D eigenvalue weighted by molar-refractivity contribution is -0.144. The van der Waals surface area contributed by atoms with E-state index in [0.29, 0.717) is 0 Å². The molecule has 0 spiro atoms. The van der Waals surface area contributed by atoms with Crippen LogP contribution in [0.1, 0.15) is 29.8 Å². The minimum atomic E-state index is -3.97. The SMILES string of the molecule is CC(=O)N[C@H](C(=O)O)C(C=O)n1c(Cc2ccccc2)ccc(NS(=O)(=O)CCc2ccccc2)c1=O. The molecule has 194 valence electrons. The molecular formula is C26H27N3O7S. The van der Waals surface area contributed by atoms with E-state index in [1.165, 1.54) is 12.1 Å². The van der Waals surface area contributed by atoms with Crippen LogP contribution >= 0.6 is 0 Å². The van der Waals surface area contributed by atoms with Crippen molar-refractivity contribution in [2.45, 2.75) is 31.8 Å². The van der Waals surface area contributed by atoms with Gasteiger partial charge in [-0.2, -0.15) is 0 Å². The summed E-state index contributed by atoms with van der Waals surface area (Å²) in [5, 5.41) is 11.9. The number of aromatic nitrogens is 1. The molecule has 11 heteroatoms. The summed E-state index contributed by atoms with van der Waals surface area (Å²) >= 11 is 0. The van der Waals surface area contributed by atoms with Crippen LogP contribution in [0.5, 0.6) is 0 Å². The Morgan fingerprint density at radius 1 is 0.973 bits per heavy atom. The fraction of sp³-hybridized carbons (Fsp3) is 0.231. The Labute approximate surface area is 214 Å². The molecule has 0 aliphatic carbocycles. The zero-order chi connectivity index (χ0) is 27.0. The molecule has 2 atom stereocenters. The molecule has 0 fully saturated rings. The van der Waals surface area contributed by atoms with Crippen LogP contribution in [-0.2, 0) is 37.2 Å². The van der Waals surface area contributed by atoms with Crippen molar-refractivity contribution in [1.82, 2.24) is 9.88 Å². The highest BCUT2D eigenvalue weighted by Gasteiger charge is 2.33. The molecule has 0 aliphatic heterocycles. The lowest BCUT2D eigenvalue weighted by Gasteiger charge is -2.25. The Morgan fingerprint density at radius 3 is 2.11 bits per heavy atom. The summed E-state index contributed by atoms with van der Waals surface area (Å²) in [6.07, 6.45) is 0.600. The van der Waals surface area contributed by atoms with Crippen LogP contribution in [0.2, 0.25) is 0 Å². The number of pyridine rings is 1. The van der Waals surface area contributed by atoms with Crippen LogP contribution in [0.4, 0.5) is 5.69 Å². The van der Waals surface area contributed by atoms with Gasteiger partial charge in [0, 0.05) is 19.0 Å². The highest BCUT2D eigenvalue weighted by molar-refractivity contribution is 7.92. The molecule has 1 heterocycles. The lowest BCUT2D eigenvalue weighted by Crippen LogP contribution is -2.49. The highest BCUT2D eigenvalue weighted by Crippen LogP contribution is 2.18. The smallest absolute Gasteiger partial charge is 0.328 e. The number of carbonyl (C=O) groups excluding carboxylic acids is 2. The van der Waals surface area contributed by atoms with Crippen molar-refractivity contribution < 1.29 is 27.9 Å². The number of carboxylic acid groups (broad SMARTS) is 1. The van der Waals surface area contributed by atoms with Gasteiger partial charge < -0.3 is 15.2 Å².